The molecule has 0 atom stereocenters. The predicted octanol–water partition coefficient (Wildman–Crippen LogP) is 4.40. The van der Waals surface area contributed by atoms with Gasteiger partial charge in [-0.3, -0.25) is 4.98 Å². The van der Waals surface area contributed by atoms with Gasteiger partial charge >= 0.3 is 0 Å². The number of rotatable bonds is 1. The average Bonchev–Trinajstić information content (AvgIpc) is 2.90. The zero-order valence-electron chi connectivity index (χ0n) is 16.3. The number of hydrogen-bond donors (Lipinski definition) is 0. The maximum atomic E-state index is 7.58. The third-order valence-corrected chi connectivity index (χ3v) is 4.26. The zero-order chi connectivity index (χ0) is 18.6. The van der Waals surface area contributed by atoms with Crippen molar-refractivity contribution in [2.45, 2.75) is 20.7 Å². The Morgan fingerprint density at radius 3 is 2.70 bits per heavy atom. The van der Waals surface area contributed by atoms with E-state index in [1.54, 1.807) is 6.07 Å². The second-order valence-electron chi connectivity index (χ2n) is 6.03. The maximum absolute atomic E-state index is 7.58. The van der Waals surface area contributed by atoms with Gasteiger partial charge in [0.05, 0.1) is 11.8 Å². The van der Waals surface area contributed by atoms with E-state index in [-0.39, 0.29) is 5.69 Å². The molecule has 23 heavy (non-hydrogen) atoms. The molecule has 114 valence electrons. The average molecular weight is 306 g/mol. The fraction of sp³-hybridized carbons (Fsp3) is 0.200. The maximum Gasteiger partial charge on any atom is 0.212 e. The second kappa shape index (κ2) is 4.92. The van der Waals surface area contributed by atoms with Crippen LogP contribution in [0.3, 0.4) is 0 Å². The van der Waals surface area contributed by atoms with Crippen LogP contribution >= 0.6 is 0 Å². The van der Waals surface area contributed by atoms with Gasteiger partial charge in [0.2, 0.25) is 5.69 Å². The summed E-state index contributed by atoms with van der Waals surface area (Å²) in [5.41, 5.74) is 5.89. The molecule has 0 aliphatic carbocycles. The van der Waals surface area contributed by atoms with Crippen LogP contribution < -0.4 is 4.57 Å². The van der Waals surface area contributed by atoms with Crippen LogP contribution in [-0.4, -0.2) is 4.98 Å². The molecule has 0 unspecified atom stereocenters. The number of pyridine rings is 2. The Morgan fingerprint density at radius 1 is 1.09 bits per heavy atom. The first kappa shape index (κ1) is 10.9. The Bertz CT molecular complexity index is 1160. The monoisotopic (exact) mass is 306 g/mol. The van der Waals surface area contributed by atoms with Crippen molar-refractivity contribution in [3.05, 3.63) is 59.5 Å². The van der Waals surface area contributed by atoms with Gasteiger partial charge in [-0.15, -0.1) is 0 Å². The molecular weight excluding hydrogens is 284 g/mol. The van der Waals surface area contributed by atoms with Gasteiger partial charge in [-0.25, -0.2) is 4.57 Å². The van der Waals surface area contributed by atoms with E-state index < -0.39 is 6.85 Å². The lowest BCUT2D eigenvalue weighted by Gasteiger charge is -2.05. The molecule has 0 aliphatic heterocycles. The molecule has 3 nitrogen and oxygen atoms in total. The van der Waals surface area contributed by atoms with E-state index in [0.29, 0.717) is 5.58 Å². The van der Waals surface area contributed by atoms with Crippen LogP contribution in [0.5, 0.6) is 0 Å². The van der Waals surface area contributed by atoms with Crippen molar-refractivity contribution < 1.29 is 13.1 Å². The number of furan rings is 1. The molecule has 3 aromatic heterocycles. The van der Waals surface area contributed by atoms with Crippen LogP contribution in [0.4, 0.5) is 0 Å². The van der Waals surface area contributed by atoms with E-state index in [0.717, 1.165) is 33.2 Å². The van der Waals surface area contributed by atoms with Gasteiger partial charge in [-0.1, -0.05) is 0 Å². The van der Waals surface area contributed by atoms with Crippen molar-refractivity contribution in [2.75, 3.05) is 0 Å². The highest BCUT2D eigenvalue weighted by molar-refractivity contribution is 6.06. The van der Waals surface area contributed by atoms with Crippen LogP contribution in [0.1, 0.15) is 20.9 Å². The molecule has 3 heteroatoms. The van der Waals surface area contributed by atoms with Crippen molar-refractivity contribution in [3.8, 4) is 11.3 Å². The lowest BCUT2D eigenvalue weighted by atomic mass is 10.0. The van der Waals surface area contributed by atoms with Gasteiger partial charge in [0.1, 0.15) is 12.6 Å². The minimum atomic E-state index is -2.23. The standard InChI is InChI=1S/C20H19N2O/c1-12-5-6-18(22(4)11-12)15-9-19-16(7-13(15)2)17-8-14(3)21-10-20(17)23-19/h5-11H,1-4H3/q+1/i3D3. The topological polar surface area (TPSA) is 29.9 Å². The van der Waals surface area contributed by atoms with E-state index in [2.05, 4.69) is 47.8 Å². The van der Waals surface area contributed by atoms with Crippen molar-refractivity contribution >= 4 is 21.9 Å². The number of fused-ring (bicyclic) bond motifs is 3. The highest BCUT2D eigenvalue weighted by Crippen LogP contribution is 2.33. The zero-order valence-corrected chi connectivity index (χ0v) is 13.3. The summed E-state index contributed by atoms with van der Waals surface area (Å²) in [4.78, 5) is 4.04. The van der Waals surface area contributed by atoms with Gasteiger partial charge in [-0.05, 0) is 50.5 Å². The summed E-state index contributed by atoms with van der Waals surface area (Å²) >= 11 is 0. The largest absolute Gasteiger partial charge is 0.454 e. The minimum Gasteiger partial charge on any atom is -0.454 e. The SMILES string of the molecule is [2H]C([2H])([2H])c1cc2c(cn1)oc1cc(-c3ccc(C)c[n+]3C)c(C)cc12. The normalized spacial score (nSPS) is 14.0. The molecule has 0 amide bonds. The minimum absolute atomic E-state index is 0.0827. The predicted molar refractivity (Wildman–Crippen MR) is 92.3 cm³/mol. The van der Waals surface area contributed by atoms with Gasteiger partial charge in [0.25, 0.3) is 0 Å². The molecule has 3 heterocycles. The number of nitrogens with zero attached hydrogens (tertiary/aromatic N) is 2. The molecule has 0 N–H and O–H groups in total. The molecule has 0 aliphatic rings. The van der Waals surface area contributed by atoms with Crippen LogP contribution in [-0.2, 0) is 7.05 Å². The third-order valence-electron chi connectivity index (χ3n) is 4.26. The molecular formula is C20H19N2O+. The summed E-state index contributed by atoms with van der Waals surface area (Å²) in [6, 6.07) is 9.87. The summed E-state index contributed by atoms with van der Waals surface area (Å²) in [7, 11) is 2.02. The first-order valence-corrected chi connectivity index (χ1v) is 7.54. The molecule has 4 aromatic rings. The van der Waals surface area contributed by atoms with Crippen molar-refractivity contribution in [3.63, 3.8) is 0 Å². The summed E-state index contributed by atoms with van der Waals surface area (Å²) < 4.78 is 30.8. The molecule has 0 saturated heterocycles. The highest BCUT2D eigenvalue weighted by atomic mass is 16.3. The van der Waals surface area contributed by atoms with E-state index in [9.17, 15) is 0 Å². The number of aromatic nitrogens is 2. The number of hydrogen-bond acceptors (Lipinski definition) is 2. The molecule has 0 bridgehead atoms. The van der Waals surface area contributed by atoms with Crippen LogP contribution in [0.15, 0.2) is 47.1 Å². The van der Waals surface area contributed by atoms with Crippen LogP contribution in [0.25, 0.3) is 33.2 Å². The lowest BCUT2D eigenvalue weighted by molar-refractivity contribution is -0.660. The number of benzene rings is 1. The first-order valence-electron chi connectivity index (χ1n) is 9.04. The Hall–Kier alpha value is -2.68. The van der Waals surface area contributed by atoms with E-state index in [1.807, 2.05) is 13.1 Å². The second-order valence-corrected chi connectivity index (χ2v) is 6.03. The first-order chi connectivity index (χ1) is 12.2. The number of aryl methyl sites for hydroxylation is 4. The molecule has 4 rings (SSSR count). The molecule has 0 radical (unpaired) electrons. The quantitative estimate of drug-likeness (QED) is 0.488. The van der Waals surface area contributed by atoms with E-state index in [1.165, 1.54) is 11.8 Å². The molecule has 0 fully saturated rings. The molecule has 0 spiro atoms. The fourth-order valence-electron chi connectivity index (χ4n) is 3.14. The molecule has 0 saturated carbocycles. The highest BCUT2D eigenvalue weighted by Gasteiger charge is 2.16. The van der Waals surface area contributed by atoms with Gasteiger partial charge in [-0.2, -0.15) is 0 Å². The summed E-state index contributed by atoms with van der Waals surface area (Å²) in [5, 5.41) is 1.69. The third kappa shape index (κ3) is 2.20. The Morgan fingerprint density at radius 2 is 1.91 bits per heavy atom. The fourth-order valence-corrected chi connectivity index (χ4v) is 3.14. The molecule has 1 aromatic carbocycles. The van der Waals surface area contributed by atoms with Crippen LogP contribution in [0, 0.1) is 20.7 Å². The summed E-state index contributed by atoms with van der Waals surface area (Å²) in [6.07, 6.45) is 3.59. The smallest absolute Gasteiger partial charge is 0.212 e. The van der Waals surface area contributed by atoms with Crippen molar-refractivity contribution in [2.24, 2.45) is 7.05 Å². The van der Waals surface area contributed by atoms with E-state index >= 15 is 0 Å². The van der Waals surface area contributed by atoms with Gasteiger partial charge in [0, 0.05) is 32.2 Å². The van der Waals surface area contributed by atoms with Gasteiger partial charge in [0.15, 0.2) is 11.8 Å². The van der Waals surface area contributed by atoms with E-state index in [4.69, 9.17) is 8.53 Å². The summed E-state index contributed by atoms with van der Waals surface area (Å²) in [5.74, 6) is 0. The summed E-state index contributed by atoms with van der Waals surface area (Å²) in [6.45, 7) is 1.89. The van der Waals surface area contributed by atoms with Crippen molar-refractivity contribution in [1.82, 2.24) is 4.98 Å². The Labute approximate surface area is 139 Å². The Kier molecular flexibility index (Phi) is 2.34. The Balaban J connectivity index is 1.97. The van der Waals surface area contributed by atoms with Crippen LogP contribution in [0.2, 0.25) is 0 Å². The van der Waals surface area contributed by atoms with Gasteiger partial charge < -0.3 is 4.42 Å². The lowest BCUT2D eigenvalue weighted by Crippen LogP contribution is -2.31. The van der Waals surface area contributed by atoms with Crippen molar-refractivity contribution in [1.29, 1.82) is 0 Å².